The average molecular weight is 407 g/mol. The summed E-state index contributed by atoms with van der Waals surface area (Å²) in [5.41, 5.74) is 2.41. The predicted molar refractivity (Wildman–Crippen MR) is 107 cm³/mol. The topological polar surface area (TPSA) is 102 Å². The minimum absolute atomic E-state index is 0.0786. The number of carbonyl (C=O) groups excluding carboxylic acids is 1. The van der Waals surface area contributed by atoms with Crippen molar-refractivity contribution in [2.24, 2.45) is 0 Å². The quantitative estimate of drug-likeness (QED) is 0.506. The molecule has 0 atom stereocenters. The van der Waals surface area contributed by atoms with Gasteiger partial charge in [-0.2, -0.15) is 0 Å². The number of halogens is 1. The van der Waals surface area contributed by atoms with Gasteiger partial charge in [0.25, 0.3) is 5.91 Å². The van der Waals surface area contributed by atoms with Crippen LogP contribution in [0.4, 0.5) is 4.39 Å². The summed E-state index contributed by atoms with van der Waals surface area (Å²) in [4.78, 5) is 29.3. The van der Waals surface area contributed by atoms with Crippen LogP contribution in [0, 0.1) is 5.82 Å². The van der Waals surface area contributed by atoms with Crippen LogP contribution < -0.4 is 11.0 Å². The molecule has 1 aromatic carbocycles. The third-order valence-corrected chi connectivity index (χ3v) is 4.60. The zero-order valence-corrected chi connectivity index (χ0v) is 15.8. The summed E-state index contributed by atoms with van der Waals surface area (Å²) in [6.45, 7) is 0.0734. The van der Waals surface area contributed by atoms with Crippen LogP contribution in [0.3, 0.4) is 0 Å². The monoisotopic (exact) mass is 407 g/mol. The summed E-state index contributed by atoms with van der Waals surface area (Å²) in [6, 6.07) is 12.7. The molecule has 0 radical (unpaired) electrons. The molecule has 0 fully saturated rings. The Morgan fingerprint density at radius 2 is 1.93 bits per heavy atom. The fourth-order valence-electron chi connectivity index (χ4n) is 3.12. The lowest BCUT2D eigenvalue weighted by Crippen LogP contribution is -2.25. The van der Waals surface area contributed by atoms with Crippen molar-refractivity contribution >= 4 is 11.6 Å². The Bertz CT molecular complexity index is 1260. The molecule has 0 bridgehead atoms. The SMILES string of the molecule is O=C(NCc1cccnc1-c1ccc(F)cc1)c1ccc2nn(CCO)c(=O)n2c1. The first-order valence-corrected chi connectivity index (χ1v) is 9.25. The number of aliphatic hydroxyl groups excluding tert-OH is 1. The highest BCUT2D eigenvalue weighted by Crippen LogP contribution is 2.21. The summed E-state index contributed by atoms with van der Waals surface area (Å²) >= 11 is 0. The molecular formula is C21H18FN5O3. The molecule has 3 heterocycles. The Kier molecular flexibility index (Phi) is 5.36. The second-order valence-corrected chi connectivity index (χ2v) is 6.58. The fraction of sp³-hybridized carbons (Fsp3) is 0.143. The Labute approximate surface area is 170 Å². The van der Waals surface area contributed by atoms with Gasteiger partial charge in [-0.1, -0.05) is 6.07 Å². The zero-order valence-electron chi connectivity index (χ0n) is 15.8. The molecule has 30 heavy (non-hydrogen) atoms. The van der Waals surface area contributed by atoms with E-state index in [-0.39, 0.29) is 31.4 Å². The van der Waals surface area contributed by atoms with Crippen molar-refractivity contribution in [1.82, 2.24) is 24.5 Å². The first kappa shape index (κ1) is 19.5. The van der Waals surface area contributed by atoms with Crippen molar-refractivity contribution in [3.8, 4) is 11.3 Å². The molecule has 0 saturated heterocycles. The van der Waals surface area contributed by atoms with Gasteiger partial charge in [-0.15, -0.1) is 5.10 Å². The van der Waals surface area contributed by atoms with Crippen LogP contribution in [-0.4, -0.2) is 36.8 Å². The van der Waals surface area contributed by atoms with E-state index in [4.69, 9.17) is 5.11 Å². The number of fused-ring (bicyclic) bond motifs is 1. The minimum atomic E-state index is -0.431. The number of carbonyl (C=O) groups is 1. The molecule has 152 valence electrons. The van der Waals surface area contributed by atoms with Gasteiger partial charge >= 0.3 is 5.69 Å². The second kappa shape index (κ2) is 8.26. The third-order valence-electron chi connectivity index (χ3n) is 4.60. The largest absolute Gasteiger partial charge is 0.394 e. The number of amides is 1. The van der Waals surface area contributed by atoms with Crippen LogP contribution in [0.25, 0.3) is 16.9 Å². The van der Waals surface area contributed by atoms with Gasteiger partial charge in [0.15, 0.2) is 5.65 Å². The molecule has 0 aliphatic heterocycles. The van der Waals surface area contributed by atoms with Crippen LogP contribution in [0.5, 0.6) is 0 Å². The van der Waals surface area contributed by atoms with Gasteiger partial charge in [0.2, 0.25) is 0 Å². The van der Waals surface area contributed by atoms with Gasteiger partial charge in [-0.25, -0.2) is 18.3 Å². The first-order valence-electron chi connectivity index (χ1n) is 9.25. The van der Waals surface area contributed by atoms with Gasteiger partial charge in [-0.3, -0.25) is 9.78 Å². The van der Waals surface area contributed by atoms with Crippen molar-refractivity contribution in [3.05, 3.63) is 88.4 Å². The number of rotatable bonds is 6. The van der Waals surface area contributed by atoms with Crippen molar-refractivity contribution in [2.75, 3.05) is 6.61 Å². The third kappa shape index (κ3) is 3.83. The van der Waals surface area contributed by atoms with Gasteiger partial charge in [0.1, 0.15) is 5.82 Å². The van der Waals surface area contributed by atoms with Crippen LogP contribution in [-0.2, 0) is 13.1 Å². The van der Waals surface area contributed by atoms with Crippen LogP contribution >= 0.6 is 0 Å². The lowest BCUT2D eigenvalue weighted by atomic mass is 10.1. The summed E-state index contributed by atoms with van der Waals surface area (Å²) < 4.78 is 15.6. The Balaban J connectivity index is 1.55. The van der Waals surface area contributed by atoms with Gasteiger partial charge in [0, 0.05) is 24.5 Å². The van der Waals surface area contributed by atoms with Crippen molar-refractivity contribution in [3.63, 3.8) is 0 Å². The highest BCUT2D eigenvalue weighted by atomic mass is 19.1. The maximum atomic E-state index is 13.2. The number of hydrogen-bond acceptors (Lipinski definition) is 5. The van der Waals surface area contributed by atoms with E-state index in [2.05, 4.69) is 15.4 Å². The molecule has 0 spiro atoms. The van der Waals surface area contributed by atoms with E-state index in [9.17, 15) is 14.0 Å². The molecule has 2 N–H and O–H groups in total. The molecular weight excluding hydrogens is 389 g/mol. The standard InChI is InChI=1S/C21H18FN5O3/c22-17-6-3-14(4-7-17)19-15(2-1-9-23-19)12-24-20(29)16-5-8-18-25-27(10-11-28)21(30)26(18)13-16/h1-9,13,28H,10-12H2,(H,24,29). The number of nitrogens with zero attached hydrogens (tertiary/aromatic N) is 4. The van der Waals surface area contributed by atoms with E-state index >= 15 is 0 Å². The molecule has 3 aromatic heterocycles. The Morgan fingerprint density at radius 1 is 1.13 bits per heavy atom. The van der Waals surface area contributed by atoms with E-state index in [1.54, 1.807) is 36.5 Å². The number of nitrogens with one attached hydrogen (secondary N) is 1. The van der Waals surface area contributed by atoms with Gasteiger partial charge in [0.05, 0.1) is 24.4 Å². The predicted octanol–water partition coefficient (Wildman–Crippen LogP) is 1.62. The van der Waals surface area contributed by atoms with Crippen molar-refractivity contribution < 1.29 is 14.3 Å². The lowest BCUT2D eigenvalue weighted by molar-refractivity contribution is 0.0950. The highest BCUT2D eigenvalue weighted by molar-refractivity contribution is 5.94. The van der Waals surface area contributed by atoms with Crippen LogP contribution in [0.15, 0.2) is 65.7 Å². The smallest absolute Gasteiger partial charge is 0.350 e. The molecule has 9 heteroatoms. The molecule has 4 rings (SSSR count). The fourth-order valence-corrected chi connectivity index (χ4v) is 3.12. The Morgan fingerprint density at radius 3 is 2.70 bits per heavy atom. The van der Waals surface area contributed by atoms with Gasteiger partial charge < -0.3 is 10.4 Å². The Hall–Kier alpha value is -3.85. The average Bonchev–Trinajstić information content (AvgIpc) is 3.08. The van der Waals surface area contributed by atoms with Crippen LogP contribution in [0.2, 0.25) is 0 Å². The molecule has 0 aliphatic carbocycles. The molecule has 4 aromatic rings. The first-order chi connectivity index (χ1) is 14.6. The van der Waals surface area contributed by atoms with E-state index < -0.39 is 5.69 Å². The molecule has 0 aliphatic rings. The number of hydrogen-bond donors (Lipinski definition) is 2. The van der Waals surface area contributed by atoms with E-state index in [1.807, 2.05) is 6.07 Å². The zero-order chi connectivity index (χ0) is 21.1. The van der Waals surface area contributed by atoms with E-state index in [0.717, 1.165) is 15.8 Å². The van der Waals surface area contributed by atoms with E-state index in [0.29, 0.717) is 16.9 Å². The van der Waals surface area contributed by atoms with Crippen LogP contribution in [0.1, 0.15) is 15.9 Å². The van der Waals surface area contributed by atoms with Crippen molar-refractivity contribution in [2.45, 2.75) is 13.1 Å². The number of pyridine rings is 2. The summed E-state index contributed by atoms with van der Waals surface area (Å²) in [5.74, 6) is -0.704. The molecule has 0 unspecified atom stereocenters. The highest BCUT2D eigenvalue weighted by Gasteiger charge is 2.13. The maximum absolute atomic E-state index is 13.2. The summed E-state index contributed by atoms with van der Waals surface area (Å²) in [6.07, 6.45) is 3.05. The number of benzene rings is 1. The van der Waals surface area contributed by atoms with E-state index in [1.165, 1.54) is 22.7 Å². The number of aromatic nitrogens is 4. The minimum Gasteiger partial charge on any atom is -0.394 e. The van der Waals surface area contributed by atoms with Gasteiger partial charge in [-0.05, 0) is 48.0 Å². The lowest BCUT2D eigenvalue weighted by Gasteiger charge is -2.10. The normalized spacial score (nSPS) is 11.0. The molecule has 1 amide bonds. The summed E-state index contributed by atoms with van der Waals surface area (Å²) in [7, 11) is 0. The number of aliphatic hydroxyl groups is 1. The molecule has 8 nitrogen and oxygen atoms in total. The maximum Gasteiger partial charge on any atom is 0.350 e. The summed E-state index contributed by atoms with van der Waals surface area (Å²) in [5, 5.41) is 15.9. The van der Waals surface area contributed by atoms with Crippen molar-refractivity contribution in [1.29, 1.82) is 0 Å². The molecule has 0 saturated carbocycles. The second-order valence-electron chi connectivity index (χ2n) is 6.58.